The molecule has 0 amide bonds. The first kappa shape index (κ1) is 24.8. The van der Waals surface area contributed by atoms with E-state index in [0.717, 1.165) is 36.1 Å². The Hall–Kier alpha value is -3.23. The van der Waals surface area contributed by atoms with E-state index in [1.807, 2.05) is 42.6 Å². The third-order valence-electron chi connectivity index (χ3n) is 9.98. The van der Waals surface area contributed by atoms with E-state index >= 15 is 0 Å². The Morgan fingerprint density at radius 3 is 2.79 bits per heavy atom. The van der Waals surface area contributed by atoms with Gasteiger partial charge in [0.15, 0.2) is 0 Å². The fourth-order valence-electron chi connectivity index (χ4n) is 7.82. The van der Waals surface area contributed by atoms with E-state index in [2.05, 4.69) is 23.3 Å². The van der Waals surface area contributed by atoms with Crippen LogP contribution in [0.5, 0.6) is 5.75 Å². The van der Waals surface area contributed by atoms with Crippen molar-refractivity contribution in [2.75, 3.05) is 13.2 Å². The molecule has 7 rings (SSSR count). The van der Waals surface area contributed by atoms with Crippen molar-refractivity contribution in [1.29, 1.82) is 0 Å². The van der Waals surface area contributed by atoms with Gasteiger partial charge in [-0.3, -0.25) is 0 Å². The third kappa shape index (κ3) is 4.34. The molecule has 204 valence electrons. The van der Waals surface area contributed by atoms with Crippen molar-refractivity contribution in [1.82, 2.24) is 15.0 Å². The molecule has 0 bridgehead atoms. The molecular formula is C31H36N4O4. The molecular weight excluding hydrogens is 492 g/mol. The Balaban J connectivity index is 0.993. The van der Waals surface area contributed by atoms with Crippen molar-refractivity contribution in [3.8, 4) is 17.0 Å². The quantitative estimate of drug-likeness (QED) is 0.452. The van der Waals surface area contributed by atoms with Crippen molar-refractivity contribution in [2.45, 2.75) is 70.1 Å². The minimum absolute atomic E-state index is 0.114. The number of aliphatic hydroxyl groups is 1. The first-order chi connectivity index (χ1) is 19.0. The molecule has 8 nitrogen and oxygen atoms in total. The molecule has 8 heteroatoms. The van der Waals surface area contributed by atoms with Crippen LogP contribution in [0.15, 0.2) is 53.8 Å². The number of phenolic OH excluding ortho intramolecular Hbond substituents is 1. The second-order valence-electron chi connectivity index (χ2n) is 12.1. The van der Waals surface area contributed by atoms with Crippen LogP contribution in [0, 0.1) is 17.3 Å². The van der Waals surface area contributed by atoms with E-state index in [0.29, 0.717) is 43.3 Å². The fourth-order valence-corrected chi connectivity index (χ4v) is 7.82. The maximum absolute atomic E-state index is 10.0. The van der Waals surface area contributed by atoms with Gasteiger partial charge in [0.25, 0.3) is 0 Å². The summed E-state index contributed by atoms with van der Waals surface area (Å²) < 4.78 is 7.03. The smallest absolute Gasteiger partial charge is 0.142 e. The van der Waals surface area contributed by atoms with Crippen LogP contribution < -0.4 is 0 Å². The predicted molar refractivity (Wildman–Crippen MR) is 146 cm³/mol. The SMILES string of the molecule is C[C@]12CC[C@@H]3c4ccc(O)cc4CC[C@H]3[C@@H]1CC/C2=N/OCc1ccc(-c2cn([C@@H]3COC[C@H]3O)nn2)cc1. The van der Waals surface area contributed by atoms with Gasteiger partial charge < -0.3 is 19.8 Å². The Bertz CT molecular complexity index is 1390. The van der Waals surface area contributed by atoms with Crippen LogP contribution >= 0.6 is 0 Å². The Kier molecular flexibility index (Phi) is 6.20. The zero-order valence-corrected chi connectivity index (χ0v) is 22.4. The van der Waals surface area contributed by atoms with Gasteiger partial charge in [-0.1, -0.05) is 47.6 Å². The summed E-state index contributed by atoms with van der Waals surface area (Å²) in [7, 11) is 0. The van der Waals surface area contributed by atoms with Gasteiger partial charge in [-0.25, -0.2) is 4.68 Å². The summed E-state index contributed by atoms with van der Waals surface area (Å²) in [4.78, 5) is 5.94. The molecule has 1 aliphatic heterocycles. The molecule has 2 saturated carbocycles. The van der Waals surface area contributed by atoms with Crippen molar-refractivity contribution >= 4 is 5.71 Å². The van der Waals surface area contributed by atoms with Gasteiger partial charge >= 0.3 is 0 Å². The number of ether oxygens (including phenoxy) is 1. The van der Waals surface area contributed by atoms with Crippen LogP contribution in [0.3, 0.4) is 0 Å². The number of benzene rings is 2. The Morgan fingerprint density at radius 1 is 1.10 bits per heavy atom. The van der Waals surface area contributed by atoms with Gasteiger partial charge in [-0.15, -0.1) is 5.10 Å². The molecule has 3 aromatic rings. The largest absolute Gasteiger partial charge is 0.508 e. The Morgan fingerprint density at radius 2 is 1.97 bits per heavy atom. The predicted octanol–water partition coefficient (Wildman–Crippen LogP) is 5.01. The summed E-state index contributed by atoms with van der Waals surface area (Å²) in [5.74, 6) is 2.32. The van der Waals surface area contributed by atoms with Crippen LogP contribution in [-0.4, -0.2) is 50.2 Å². The second-order valence-corrected chi connectivity index (χ2v) is 12.1. The van der Waals surface area contributed by atoms with E-state index in [1.165, 1.54) is 36.1 Å². The number of rotatable bonds is 5. The van der Waals surface area contributed by atoms with Crippen molar-refractivity contribution in [3.63, 3.8) is 0 Å². The Labute approximate surface area is 228 Å². The number of fused-ring (bicyclic) bond motifs is 5. The highest BCUT2D eigenvalue weighted by atomic mass is 16.6. The average Bonchev–Trinajstić information content (AvgIpc) is 3.67. The number of hydrogen-bond donors (Lipinski definition) is 2. The van der Waals surface area contributed by atoms with E-state index in [-0.39, 0.29) is 11.5 Å². The second kappa shape index (κ2) is 9.75. The highest BCUT2D eigenvalue weighted by Crippen LogP contribution is 2.60. The summed E-state index contributed by atoms with van der Waals surface area (Å²) in [6.45, 7) is 3.63. The molecule has 1 aromatic heterocycles. The summed E-state index contributed by atoms with van der Waals surface area (Å²) in [5, 5.41) is 33.2. The minimum Gasteiger partial charge on any atom is -0.508 e. The maximum atomic E-state index is 10.0. The number of aromatic hydroxyl groups is 1. The molecule has 3 aliphatic carbocycles. The lowest BCUT2D eigenvalue weighted by Crippen LogP contribution is -2.42. The molecule has 2 N–H and O–H groups in total. The molecule has 6 atom stereocenters. The van der Waals surface area contributed by atoms with E-state index < -0.39 is 6.10 Å². The molecule has 0 radical (unpaired) electrons. The summed E-state index contributed by atoms with van der Waals surface area (Å²) in [5.41, 5.74) is 6.95. The molecule has 4 aliphatic rings. The van der Waals surface area contributed by atoms with Crippen LogP contribution in [0.2, 0.25) is 0 Å². The van der Waals surface area contributed by atoms with Crippen LogP contribution in [0.4, 0.5) is 0 Å². The van der Waals surface area contributed by atoms with Crippen LogP contribution in [0.1, 0.15) is 67.7 Å². The summed E-state index contributed by atoms with van der Waals surface area (Å²) in [6.07, 6.45) is 8.08. The summed E-state index contributed by atoms with van der Waals surface area (Å²) >= 11 is 0. The molecule has 0 spiro atoms. The topological polar surface area (TPSA) is 102 Å². The van der Waals surface area contributed by atoms with E-state index in [4.69, 9.17) is 14.7 Å². The number of aryl methyl sites for hydroxylation is 1. The molecule has 2 heterocycles. The van der Waals surface area contributed by atoms with Gasteiger partial charge in [0.2, 0.25) is 0 Å². The van der Waals surface area contributed by atoms with E-state index in [9.17, 15) is 10.2 Å². The number of aliphatic hydroxyl groups excluding tert-OH is 1. The molecule has 3 fully saturated rings. The fraction of sp³-hybridized carbons (Fsp3) is 0.516. The number of aromatic nitrogens is 3. The van der Waals surface area contributed by atoms with Gasteiger partial charge in [-0.2, -0.15) is 0 Å². The minimum atomic E-state index is -0.553. The first-order valence-electron chi connectivity index (χ1n) is 14.3. The molecule has 0 unspecified atom stereocenters. The molecule has 39 heavy (non-hydrogen) atoms. The van der Waals surface area contributed by atoms with E-state index in [1.54, 1.807) is 4.68 Å². The lowest BCUT2D eigenvalue weighted by molar-refractivity contribution is 0.0870. The normalized spacial score (nSPS) is 32.6. The van der Waals surface area contributed by atoms with Gasteiger partial charge in [-0.05, 0) is 85.1 Å². The number of nitrogens with zero attached hydrogens (tertiary/aromatic N) is 4. The van der Waals surface area contributed by atoms with Crippen LogP contribution in [0.25, 0.3) is 11.3 Å². The van der Waals surface area contributed by atoms with Crippen molar-refractivity contribution in [2.24, 2.45) is 22.4 Å². The summed E-state index contributed by atoms with van der Waals surface area (Å²) in [6, 6.07) is 14.0. The lowest BCUT2D eigenvalue weighted by atomic mass is 9.55. The van der Waals surface area contributed by atoms with Gasteiger partial charge in [0.1, 0.15) is 30.2 Å². The molecule has 2 aromatic carbocycles. The highest BCUT2D eigenvalue weighted by molar-refractivity contribution is 5.92. The van der Waals surface area contributed by atoms with Gasteiger partial charge in [0, 0.05) is 11.0 Å². The monoisotopic (exact) mass is 528 g/mol. The highest BCUT2D eigenvalue weighted by Gasteiger charge is 2.53. The third-order valence-corrected chi connectivity index (χ3v) is 9.98. The standard InChI is InChI=1S/C31H36N4O4/c1-31-13-12-24-23-9-7-22(36)14-21(23)6-8-25(24)26(31)10-11-30(31)33-39-16-19-2-4-20(5-3-19)27-15-35(34-32-27)28-17-38-18-29(28)37/h2-5,7,9,14-15,24-26,28-29,36-37H,6,8,10-13,16-18H2,1H3/b33-30-/t24-,25-,26+,28-,29-,31+/m1/s1. The van der Waals surface area contributed by atoms with Crippen molar-refractivity contribution < 1.29 is 19.8 Å². The number of phenols is 1. The maximum Gasteiger partial charge on any atom is 0.142 e. The van der Waals surface area contributed by atoms with Gasteiger partial charge in [0.05, 0.1) is 25.1 Å². The lowest BCUT2D eigenvalue weighted by Gasteiger charge is -2.49. The van der Waals surface area contributed by atoms with Crippen molar-refractivity contribution in [3.05, 3.63) is 65.4 Å². The number of hydrogen-bond acceptors (Lipinski definition) is 7. The average molecular weight is 529 g/mol. The van der Waals surface area contributed by atoms with Crippen LogP contribution in [-0.2, 0) is 22.6 Å². The number of oxime groups is 1. The zero-order chi connectivity index (χ0) is 26.6. The first-order valence-corrected chi connectivity index (χ1v) is 14.3. The molecule has 1 saturated heterocycles. The zero-order valence-electron chi connectivity index (χ0n) is 22.4.